The summed E-state index contributed by atoms with van der Waals surface area (Å²) in [6, 6.07) is 16.9. The van der Waals surface area contributed by atoms with Crippen molar-refractivity contribution in [2.45, 2.75) is 50.7 Å². The molecule has 0 unspecified atom stereocenters. The number of nitrogens with zero attached hydrogens (tertiary/aromatic N) is 2. The average molecular weight is 421 g/mol. The summed E-state index contributed by atoms with van der Waals surface area (Å²) < 4.78 is 0. The summed E-state index contributed by atoms with van der Waals surface area (Å²) in [5, 5.41) is 9.77. The molecular formula is C25H28N2O4. The van der Waals surface area contributed by atoms with E-state index in [9.17, 15) is 19.5 Å². The second-order valence-corrected chi connectivity index (χ2v) is 8.63. The number of aliphatic hydroxyl groups is 1. The van der Waals surface area contributed by atoms with Crippen molar-refractivity contribution in [2.24, 2.45) is 0 Å². The van der Waals surface area contributed by atoms with Crippen molar-refractivity contribution in [1.29, 1.82) is 0 Å². The molecule has 0 bridgehead atoms. The molecule has 0 aliphatic carbocycles. The number of carbonyl (C=O) groups is 3. The zero-order valence-electron chi connectivity index (χ0n) is 17.8. The molecule has 4 rings (SSSR count). The van der Waals surface area contributed by atoms with Gasteiger partial charge in [-0.2, -0.15) is 0 Å². The highest BCUT2D eigenvalue weighted by molar-refractivity contribution is 6.10. The molecule has 2 aromatic carbocycles. The molecule has 162 valence electrons. The minimum atomic E-state index is -1.19. The fourth-order valence-electron chi connectivity index (χ4n) is 4.77. The van der Waals surface area contributed by atoms with Crippen LogP contribution < -0.4 is 0 Å². The fourth-order valence-corrected chi connectivity index (χ4v) is 4.77. The first-order valence-corrected chi connectivity index (χ1v) is 10.8. The maximum absolute atomic E-state index is 13.8. The van der Waals surface area contributed by atoms with Gasteiger partial charge in [0.05, 0.1) is 18.1 Å². The molecule has 6 nitrogen and oxygen atoms in total. The molecule has 6 heteroatoms. The van der Waals surface area contributed by atoms with Crippen LogP contribution in [0.2, 0.25) is 0 Å². The first-order chi connectivity index (χ1) is 14.9. The van der Waals surface area contributed by atoms with Gasteiger partial charge in [0.1, 0.15) is 0 Å². The average Bonchev–Trinajstić information content (AvgIpc) is 3.00. The Morgan fingerprint density at radius 3 is 2.35 bits per heavy atom. The van der Waals surface area contributed by atoms with E-state index in [1.165, 1.54) is 4.90 Å². The molecule has 3 amide bonds. The van der Waals surface area contributed by atoms with E-state index in [4.69, 9.17) is 0 Å². The van der Waals surface area contributed by atoms with Crippen LogP contribution in [0.5, 0.6) is 0 Å². The normalized spacial score (nSPS) is 22.3. The number of hydrogen-bond donors (Lipinski definition) is 1. The lowest BCUT2D eigenvalue weighted by Gasteiger charge is -2.34. The van der Waals surface area contributed by atoms with E-state index < -0.39 is 5.41 Å². The van der Waals surface area contributed by atoms with Gasteiger partial charge in [0.15, 0.2) is 0 Å². The molecule has 2 fully saturated rings. The van der Waals surface area contributed by atoms with Gasteiger partial charge in [-0.05, 0) is 36.5 Å². The number of rotatable bonds is 5. The number of benzene rings is 2. The molecule has 2 heterocycles. The van der Waals surface area contributed by atoms with Crippen molar-refractivity contribution in [2.75, 3.05) is 13.1 Å². The van der Waals surface area contributed by atoms with Gasteiger partial charge >= 0.3 is 0 Å². The second kappa shape index (κ2) is 8.63. The number of aliphatic hydroxyl groups excluding tert-OH is 1. The standard InChI is InChI=1S/C25H28N2O4/c1-18-7-5-6-10-21(18)25(15-22(29)26-13-11-20(28)12-14-26)16-23(30)27(24(25)31)17-19-8-3-2-4-9-19/h2-10,20,28H,11-17H2,1H3/t25-/m1/s1. The van der Waals surface area contributed by atoms with E-state index in [-0.39, 0.29) is 43.2 Å². The molecule has 1 N–H and O–H groups in total. The summed E-state index contributed by atoms with van der Waals surface area (Å²) in [7, 11) is 0. The minimum absolute atomic E-state index is 0.00821. The topological polar surface area (TPSA) is 77.9 Å². The van der Waals surface area contributed by atoms with Crippen LogP contribution in [0.1, 0.15) is 42.4 Å². The van der Waals surface area contributed by atoms with E-state index in [0.717, 1.165) is 16.7 Å². The van der Waals surface area contributed by atoms with Crippen LogP contribution in [-0.2, 0) is 26.3 Å². The van der Waals surface area contributed by atoms with E-state index in [2.05, 4.69) is 0 Å². The Labute approximate surface area is 182 Å². The lowest BCUT2D eigenvalue weighted by atomic mass is 9.73. The van der Waals surface area contributed by atoms with Crippen LogP contribution in [0.15, 0.2) is 54.6 Å². The Kier molecular flexibility index (Phi) is 5.92. The number of carbonyl (C=O) groups excluding carboxylic acids is 3. The highest BCUT2D eigenvalue weighted by Crippen LogP contribution is 2.42. The highest BCUT2D eigenvalue weighted by atomic mass is 16.3. The third kappa shape index (κ3) is 4.12. The van der Waals surface area contributed by atoms with Crippen LogP contribution in [0.4, 0.5) is 0 Å². The highest BCUT2D eigenvalue weighted by Gasteiger charge is 2.54. The first kappa shape index (κ1) is 21.2. The molecule has 0 radical (unpaired) electrons. The van der Waals surface area contributed by atoms with Gasteiger partial charge in [-0.1, -0.05) is 54.6 Å². The van der Waals surface area contributed by atoms with Gasteiger partial charge in [-0.15, -0.1) is 0 Å². The van der Waals surface area contributed by atoms with Crippen molar-refractivity contribution < 1.29 is 19.5 Å². The zero-order chi connectivity index (χ0) is 22.0. The van der Waals surface area contributed by atoms with Crippen LogP contribution >= 0.6 is 0 Å². The van der Waals surface area contributed by atoms with Crippen molar-refractivity contribution >= 4 is 17.7 Å². The summed E-state index contributed by atoms with van der Waals surface area (Å²) in [6.07, 6.45) is 0.646. The summed E-state index contributed by atoms with van der Waals surface area (Å²) in [5.41, 5.74) is 1.33. The lowest BCUT2D eigenvalue weighted by molar-refractivity contribution is -0.143. The SMILES string of the molecule is Cc1ccccc1[C@@]1(CC(=O)N2CCC(O)CC2)CC(=O)N(Cc2ccccc2)C1=O. The van der Waals surface area contributed by atoms with Crippen molar-refractivity contribution in [3.8, 4) is 0 Å². The molecule has 2 saturated heterocycles. The molecule has 2 aliphatic heterocycles. The lowest BCUT2D eigenvalue weighted by Crippen LogP contribution is -2.46. The Morgan fingerprint density at radius 1 is 1.03 bits per heavy atom. The molecular weight excluding hydrogens is 392 g/mol. The van der Waals surface area contributed by atoms with Gasteiger partial charge in [0.2, 0.25) is 17.7 Å². The maximum Gasteiger partial charge on any atom is 0.241 e. The third-order valence-corrected chi connectivity index (χ3v) is 6.52. The van der Waals surface area contributed by atoms with Crippen molar-refractivity contribution in [1.82, 2.24) is 9.80 Å². The zero-order valence-corrected chi connectivity index (χ0v) is 17.8. The molecule has 1 atom stereocenters. The first-order valence-electron chi connectivity index (χ1n) is 10.8. The molecule has 2 aromatic rings. The van der Waals surface area contributed by atoms with Crippen molar-refractivity contribution in [3.05, 3.63) is 71.3 Å². The van der Waals surface area contributed by atoms with Crippen LogP contribution in [0.3, 0.4) is 0 Å². The number of hydrogen-bond acceptors (Lipinski definition) is 4. The van der Waals surface area contributed by atoms with E-state index >= 15 is 0 Å². The summed E-state index contributed by atoms with van der Waals surface area (Å²) in [5.74, 6) is -0.696. The van der Waals surface area contributed by atoms with Gasteiger partial charge in [0.25, 0.3) is 0 Å². The molecule has 0 spiro atoms. The fraction of sp³-hybridized carbons (Fsp3) is 0.400. The Balaban J connectivity index is 1.67. The summed E-state index contributed by atoms with van der Waals surface area (Å²) in [4.78, 5) is 43.0. The van der Waals surface area contributed by atoms with E-state index in [1.54, 1.807) is 4.90 Å². The Morgan fingerprint density at radius 2 is 1.68 bits per heavy atom. The quantitative estimate of drug-likeness (QED) is 0.754. The van der Waals surface area contributed by atoms with Crippen LogP contribution in [0.25, 0.3) is 0 Å². The van der Waals surface area contributed by atoms with Crippen molar-refractivity contribution in [3.63, 3.8) is 0 Å². The number of piperidine rings is 1. The van der Waals surface area contributed by atoms with Gasteiger partial charge in [0, 0.05) is 25.9 Å². The number of imide groups is 1. The predicted molar refractivity (Wildman–Crippen MR) is 116 cm³/mol. The van der Waals surface area contributed by atoms with E-state index in [0.29, 0.717) is 25.9 Å². The van der Waals surface area contributed by atoms with Crippen LogP contribution in [-0.4, -0.2) is 51.8 Å². The van der Waals surface area contributed by atoms with Crippen LogP contribution in [0, 0.1) is 6.92 Å². The molecule has 2 aliphatic rings. The molecule has 0 saturated carbocycles. The predicted octanol–water partition coefficient (Wildman–Crippen LogP) is 2.57. The summed E-state index contributed by atoms with van der Waals surface area (Å²) in [6.45, 7) is 3.06. The van der Waals surface area contributed by atoms with Gasteiger partial charge < -0.3 is 10.0 Å². The van der Waals surface area contributed by atoms with E-state index in [1.807, 2.05) is 61.5 Å². The summed E-state index contributed by atoms with van der Waals surface area (Å²) >= 11 is 0. The van der Waals surface area contributed by atoms with Gasteiger partial charge in [-0.3, -0.25) is 19.3 Å². The van der Waals surface area contributed by atoms with Gasteiger partial charge in [-0.25, -0.2) is 0 Å². The number of likely N-dealkylation sites (tertiary alicyclic amines) is 2. The number of amides is 3. The molecule has 31 heavy (non-hydrogen) atoms. The molecule has 0 aromatic heterocycles. The Hall–Kier alpha value is -2.99. The monoisotopic (exact) mass is 420 g/mol. The smallest absolute Gasteiger partial charge is 0.241 e. The Bertz CT molecular complexity index is 982. The largest absolute Gasteiger partial charge is 0.393 e. The second-order valence-electron chi connectivity index (χ2n) is 8.63. The third-order valence-electron chi connectivity index (χ3n) is 6.52. The minimum Gasteiger partial charge on any atom is -0.393 e. The maximum atomic E-state index is 13.8. The number of aryl methyl sites for hydroxylation is 1.